The van der Waals surface area contributed by atoms with Crippen molar-refractivity contribution in [2.75, 3.05) is 13.7 Å². The predicted octanol–water partition coefficient (Wildman–Crippen LogP) is 2.94. The highest BCUT2D eigenvalue weighted by molar-refractivity contribution is 9.10. The highest BCUT2D eigenvalue weighted by Crippen LogP contribution is 2.34. The maximum atomic E-state index is 6.27. The van der Waals surface area contributed by atoms with Gasteiger partial charge in [0.05, 0.1) is 19.3 Å². The van der Waals surface area contributed by atoms with Gasteiger partial charge in [0.2, 0.25) is 0 Å². The fourth-order valence-electron chi connectivity index (χ4n) is 2.19. The SMILES string of the molecule is COc1cc(C)c(Br)cc1C(N)C1CCCO1. The van der Waals surface area contributed by atoms with E-state index in [0.29, 0.717) is 0 Å². The largest absolute Gasteiger partial charge is 0.496 e. The zero-order valence-electron chi connectivity index (χ0n) is 10.2. The van der Waals surface area contributed by atoms with Crippen molar-refractivity contribution in [2.45, 2.75) is 31.9 Å². The van der Waals surface area contributed by atoms with Crippen LogP contribution in [0, 0.1) is 6.92 Å². The lowest BCUT2D eigenvalue weighted by molar-refractivity contribution is 0.0892. The molecule has 2 atom stereocenters. The van der Waals surface area contributed by atoms with Crippen molar-refractivity contribution in [1.82, 2.24) is 0 Å². The predicted molar refractivity (Wildman–Crippen MR) is 71.3 cm³/mol. The third kappa shape index (κ3) is 2.64. The average Bonchev–Trinajstić information content (AvgIpc) is 2.84. The van der Waals surface area contributed by atoms with Gasteiger partial charge in [-0.2, -0.15) is 0 Å². The standard InChI is InChI=1S/C13H18BrNO2/c1-8-6-12(16-2)9(7-10(8)14)13(15)11-4-3-5-17-11/h6-7,11,13H,3-5,15H2,1-2H3. The van der Waals surface area contributed by atoms with Crippen molar-refractivity contribution in [1.29, 1.82) is 0 Å². The van der Waals surface area contributed by atoms with Crippen LogP contribution in [-0.2, 0) is 4.74 Å². The molecule has 0 radical (unpaired) electrons. The molecule has 94 valence electrons. The Balaban J connectivity index is 2.32. The zero-order chi connectivity index (χ0) is 12.4. The van der Waals surface area contributed by atoms with Crippen molar-refractivity contribution >= 4 is 15.9 Å². The van der Waals surface area contributed by atoms with E-state index in [1.54, 1.807) is 7.11 Å². The Kier molecular flexibility index (Phi) is 4.07. The van der Waals surface area contributed by atoms with Crippen LogP contribution >= 0.6 is 15.9 Å². The molecule has 1 aliphatic rings. The summed E-state index contributed by atoms with van der Waals surface area (Å²) in [6, 6.07) is 3.93. The summed E-state index contributed by atoms with van der Waals surface area (Å²) in [6.45, 7) is 2.85. The van der Waals surface area contributed by atoms with Gasteiger partial charge in [-0.15, -0.1) is 0 Å². The third-order valence-corrected chi connectivity index (χ3v) is 4.09. The van der Waals surface area contributed by atoms with Crippen LogP contribution in [0.5, 0.6) is 5.75 Å². The first-order valence-corrected chi connectivity index (χ1v) is 6.64. The lowest BCUT2D eigenvalue weighted by Gasteiger charge is -2.22. The molecule has 1 fully saturated rings. The van der Waals surface area contributed by atoms with Gasteiger partial charge in [-0.05, 0) is 37.5 Å². The number of rotatable bonds is 3. The Morgan fingerprint density at radius 1 is 1.53 bits per heavy atom. The molecule has 0 bridgehead atoms. The molecule has 2 unspecified atom stereocenters. The Morgan fingerprint density at radius 3 is 2.88 bits per heavy atom. The molecule has 2 N–H and O–H groups in total. The first-order chi connectivity index (χ1) is 8.13. The van der Waals surface area contributed by atoms with E-state index in [1.165, 1.54) is 0 Å². The van der Waals surface area contributed by atoms with Crippen molar-refractivity contribution in [3.8, 4) is 5.75 Å². The summed E-state index contributed by atoms with van der Waals surface area (Å²) >= 11 is 3.53. The van der Waals surface area contributed by atoms with Crippen LogP contribution in [0.1, 0.15) is 30.0 Å². The minimum Gasteiger partial charge on any atom is -0.496 e. The molecule has 1 aromatic carbocycles. The van der Waals surface area contributed by atoms with Crippen LogP contribution in [0.4, 0.5) is 0 Å². The highest BCUT2D eigenvalue weighted by atomic mass is 79.9. The van der Waals surface area contributed by atoms with Gasteiger partial charge < -0.3 is 15.2 Å². The summed E-state index contributed by atoms with van der Waals surface area (Å²) in [6.07, 6.45) is 2.22. The van der Waals surface area contributed by atoms with Gasteiger partial charge in [-0.3, -0.25) is 0 Å². The number of aryl methyl sites for hydroxylation is 1. The smallest absolute Gasteiger partial charge is 0.124 e. The van der Waals surface area contributed by atoms with Crippen LogP contribution in [0.3, 0.4) is 0 Å². The van der Waals surface area contributed by atoms with E-state index in [4.69, 9.17) is 15.2 Å². The second-order valence-corrected chi connectivity index (χ2v) is 5.27. The minimum absolute atomic E-state index is 0.110. The highest BCUT2D eigenvalue weighted by Gasteiger charge is 2.26. The fourth-order valence-corrected chi connectivity index (χ4v) is 2.55. The van der Waals surface area contributed by atoms with Gasteiger partial charge in [-0.1, -0.05) is 15.9 Å². The number of halogens is 1. The number of ether oxygens (including phenoxy) is 2. The summed E-state index contributed by atoms with van der Waals surface area (Å²) in [5, 5.41) is 0. The molecular formula is C13H18BrNO2. The van der Waals surface area contributed by atoms with Crippen LogP contribution in [0.25, 0.3) is 0 Å². The van der Waals surface area contributed by atoms with Gasteiger partial charge in [0.25, 0.3) is 0 Å². The van der Waals surface area contributed by atoms with Gasteiger partial charge in [0.15, 0.2) is 0 Å². The Hall–Kier alpha value is -0.580. The molecule has 3 nitrogen and oxygen atoms in total. The van der Waals surface area contributed by atoms with E-state index in [2.05, 4.69) is 15.9 Å². The quantitative estimate of drug-likeness (QED) is 0.933. The molecule has 17 heavy (non-hydrogen) atoms. The maximum absolute atomic E-state index is 6.27. The number of benzene rings is 1. The lowest BCUT2D eigenvalue weighted by atomic mass is 9.98. The van der Waals surface area contributed by atoms with E-state index < -0.39 is 0 Å². The monoisotopic (exact) mass is 299 g/mol. The normalized spacial score (nSPS) is 21.5. The molecule has 0 amide bonds. The van der Waals surface area contributed by atoms with E-state index >= 15 is 0 Å². The van der Waals surface area contributed by atoms with Crippen LogP contribution in [0.15, 0.2) is 16.6 Å². The number of hydrogen-bond acceptors (Lipinski definition) is 3. The topological polar surface area (TPSA) is 44.5 Å². The first-order valence-electron chi connectivity index (χ1n) is 5.84. The first kappa shape index (κ1) is 12.9. The molecule has 1 aliphatic heterocycles. The summed E-state index contributed by atoms with van der Waals surface area (Å²) in [5.41, 5.74) is 8.42. The van der Waals surface area contributed by atoms with Crippen molar-refractivity contribution in [2.24, 2.45) is 5.73 Å². The van der Waals surface area contributed by atoms with E-state index in [1.807, 2.05) is 19.1 Å². The van der Waals surface area contributed by atoms with E-state index in [0.717, 1.165) is 40.8 Å². The molecule has 0 saturated carbocycles. The molecule has 1 saturated heterocycles. The zero-order valence-corrected chi connectivity index (χ0v) is 11.8. The third-order valence-electron chi connectivity index (χ3n) is 3.24. The maximum Gasteiger partial charge on any atom is 0.124 e. The van der Waals surface area contributed by atoms with E-state index in [9.17, 15) is 0 Å². The molecular weight excluding hydrogens is 282 g/mol. The van der Waals surface area contributed by atoms with Crippen molar-refractivity contribution in [3.05, 3.63) is 27.7 Å². The van der Waals surface area contributed by atoms with Gasteiger partial charge in [0, 0.05) is 16.6 Å². The molecule has 0 spiro atoms. The van der Waals surface area contributed by atoms with E-state index in [-0.39, 0.29) is 12.1 Å². The number of hydrogen-bond donors (Lipinski definition) is 1. The van der Waals surface area contributed by atoms with Crippen molar-refractivity contribution in [3.63, 3.8) is 0 Å². The Morgan fingerprint density at radius 2 is 2.29 bits per heavy atom. The lowest BCUT2D eigenvalue weighted by Crippen LogP contribution is -2.26. The summed E-state index contributed by atoms with van der Waals surface area (Å²) in [5.74, 6) is 0.841. The van der Waals surface area contributed by atoms with Crippen molar-refractivity contribution < 1.29 is 9.47 Å². The summed E-state index contributed by atoms with van der Waals surface area (Å²) in [7, 11) is 1.68. The average molecular weight is 300 g/mol. The Labute approximate surface area is 110 Å². The fraction of sp³-hybridized carbons (Fsp3) is 0.538. The van der Waals surface area contributed by atoms with Gasteiger partial charge in [0.1, 0.15) is 5.75 Å². The molecule has 0 aliphatic carbocycles. The van der Waals surface area contributed by atoms with Crippen LogP contribution in [0.2, 0.25) is 0 Å². The molecule has 2 rings (SSSR count). The van der Waals surface area contributed by atoms with Gasteiger partial charge in [-0.25, -0.2) is 0 Å². The molecule has 1 aromatic rings. The van der Waals surface area contributed by atoms with Crippen LogP contribution in [-0.4, -0.2) is 19.8 Å². The van der Waals surface area contributed by atoms with Gasteiger partial charge >= 0.3 is 0 Å². The summed E-state index contributed by atoms with van der Waals surface area (Å²) < 4.78 is 12.1. The molecule has 4 heteroatoms. The Bertz CT molecular complexity index is 403. The molecule has 1 heterocycles. The minimum atomic E-state index is -0.121. The summed E-state index contributed by atoms with van der Waals surface area (Å²) in [4.78, 5) is 0. The second kappa shape index (κ2) is 5.38. The number of methoxy groups -OCH3 is 1. The van der Waals surface area contributed by atoms with Crippen LogP contribution < -0.4 is 10.5 Å². The molecule has 0 aromatic heterocycles. The second-order valence-electron chi connectivity index (χ2n) is 4.42. The number of nitrogens with two attached hydrogens (primary N) is 1.